The summed E-state index contributed by atoms with van der Waals surface area (Å²) in [4.78, 5) is 22.0. The number of nitrogens with zero attached hydrogens (tertiary/aromatic N) is 1. The molecule has 0 saturated carbocycles. The van der Waals surface area contributed by atoms with Crippen LogP contribution >= 0.6 is 0 Å². The summed E-state index contributed by atoms with van der Waals surface area (Å²) in [5, 5.41) is 0. The molecule has 1 aliphatic heterocycles. The Hall–Kier alpha value is -1.88. The van der Waals surface area contributed by atoms with Gasteiger partial charge in [-0.15, -0.1) is 0 Å². The third kappa shape index (κ3) is 1.45. The molecule has 16 heavy (non-hydrogen) atoms. The van der Waals surface area contributed by atoms with Crippen LogP contribution in [0.25, 0.3) is 11.5 Å². The van der Waals surface area contributed by atoms with Crippen molar-refractivity contribution in [3.8, 4) is 11.5 Å². The third-order valence-corrected chi connectivity index (χ3v) is 2.68. The molecule has 0 atom stereocenters. The van der Waals surface area contributed by atoms with Crippen LogP contribution in [0.4, 0.5) is 0 Å². The molecule has 0 bridgehead atoms. The molecule has 3 rings (SSSR count). The van der Waals surface area contributed by atoms with Gasteiger partial charge in [-0.3, -0.25) is 4.79 Å². The van der Waals surface area contributed by atoms with Gasteiger partial charge in [-0.25, -0.2) is 4.98 Å². The summed E-state index contributed by atoms with van der Waals surface area (Å²) in [7, 11) is 0. The van der Waals surface area contributed by atoms with Crippen molar-refractivity contribution in [1.29, 1.82) is 0 Å². The van der Waals surface area contributed by atoms with Gasteiger partial charge in [0.15, 0.2) is 5.82 Å². The predicted octanol–water partition coefficient (Wildman–Crippen LogP) is 0.838. The van der Waals surface area contributed by atoms with Crippen molar-refractivity contribution in [3.63, 3.8) is 0 Å². The van der Waals surface area contributed by atoms with Gasteiger partial charge in [-0.05, 0) is 12.1 Å². The molecule has 5 nitrogen and oxygen atoms in total. The number of rotatable bonds is 1. The van der Waals surface area contributed by atoms with Gasteiger partial charge in [0.05, 0.1) is 30.2 Å². The molecule has 5 heteroatoms. The van der Waals surface area contributed by atoms with Crippen LogP contribution in [0.2, 0.25) is 0 Å². The van der Waals surface area contributed by atoms with E-state index in [1.54, 1.807) is 6.20 Å². The van der Waals surface area contributed by atoms with Crippen LogP contribution in [-0.4, -0.2) is 21.6 Å². The lowest BCUT2D eigenvalue weighted by molar-refractivity contribution is 0.108. The van der Waals surface area contributed by atoms with Gasteiger partial charge >= 0.3 is 0 Å². The van der Waals surface area contributed by atoms with Crippen LogP contribution < -0.4 is 5.56 Å². The Balaban J connectivity index is 2.16. The quantitative estimate of drug-likeness (QED) is 0.743. The summed E-state index contributed by atoms with van der Waals surface area (Å²) in [6, 6.07) is 3.75. The standard InChI is InChI=1S/C11H11N3O2/c15-11-7-6-16-5-3-8(7)13-10(14-11)9-2-1-4-12-9/h1-2,4,12H,3,5-6H2,(H,13,14,15). The van der Waals surface area contributed by atoms with Crippen LogP contribution in [0.15, 0.2) is 23.1 Å². The van der Waals surface area contributed by atoms with Crippen LogP contribution in [0.1, 0.15) is 11.3 Å². The highest BCUT2D eigenvalue weighted by Crippen LogP contribution is 2.15. The predicted molar refractivity (Wildman–Crippen MR) is 58.0 cm³/mol. The molecular formula is C11H11N3O2. The maximum atomic E-state index is 11.8. The maximum Gasteiger partial charge on any atom is 0.256 e. The Labute approximate surface area is 91.5 Å². The van der Waals surface area contributed by atoms with Gasteiger partial charge in [0.1, 0.15) is 0 Å². The second-order valence-corrected chi connectivity index (χ2v) is 3.73. The summed E-state index contributed by atoms with van der Waals surface area (Å²) >= 11 is 0. The van der Waals surface area contributed by atoms with Crippen molar-refractivity contribution in [2.75, 3.05) is 6.61 Å². The van der Waals surface area contributed by atoms with Crippen LogP contribution in [0.5, 0.6) is 0 Å². The first-order valence-electron chi connectivity index (χ1n) is 5.18. The number of H-pyrrole nitrogens is 2. The molecular weight excluding hydrogens is 206 g/mol. The van der Waals surface area contributed by atoms with Crippen LogP contribution in [0, 0.1) is 0 Å². The fraction of sp³-hybridized carbons (Fsp3) is 0.273. The SMILES string of the molecule is O=c1[nH]c(-c2ccc[nH]2)nc2c1COCC2. The Morgan fingerprint density at radius 2 is 2.38 bits per heavy atom. The topological polar surface area (TPSA) is 70.8 Å². The lowest BCUT2D eigenvalue weighted by Gasteiger charge is -2.14. The zero-order chi connectivity index (χ0) is 11.0. The van der Waals surface area contributed by atoms with E-state index in [0.717, 1.165) is 11.4 Å². The summed E-state index contributed by atoms with van der Waals surface area (Å²) in [6.45, 7) is 0.996. The first kappa shape index (κ1) is 9.35. The highest BCUT2D eigenvalue weighted by atomic mass is 16.5. The molecule has 0 spiro atoms. The fourth-order valence-corrected chi connectivity index (χ4v) is 1.85. The van der Waals surface area contributed by atoms with E-state index in [4.69, 9.17) is 4.74 Å². The summed E-state index contributed by atoms with van der Waals surface area (Å²) in [6.07, 6.45) is 2.50. The number of hydrogen-bond donors (Lipinski definition) is 2. The highest BCUT2D eigenvalue weighted by molar-refractivity contribution is 5.49. The van der Waals surface area contributed by atoms with E-state index < -0.39 is 0 Å². The van der Waals surface area contributed by atoms with Crippen molar-refractivity contribution in [2.24, 2.45) is 0 Å². The Morgan fingerprint density at radius 1 is 1.44 bits per heavy atom. The molecule has 0 amide bonds. The molecule has 2 aromatic rings. The number of ether oxygens (including phenoxy) is 1. The van der Waals surface area contributed by atoms with Crippen molar-refractivity contribution >= 4 is 0 Å². The van der Waals surface area contributed by atoms with E-state index in [-0.39, 0.29) is 5.56 Å². The molecule has 1 aliphatic rings. The molecule has 3 heterocycles. The second kappa shape index (κ2) is 3.61. The first-order chi connectivity index (χ1) is 7.84. The minimum Gasteiger partial charge on any atom is -0.376 e. The van der Waals surface area contributed by atoms with Gasteiger partial charge < -0.3 is 14.7 Å². The fourth-order valence-electron chi connectivity index (χ4n) is 1.85. The smallest absolute Gasteiger partial charge is 0.256 e. The highest BCUT2D eigenvalue weighted by Gasteiger charge is 2.16. The normalized spacial score (nSPS) is 14.8. The van der Waals surface area contributed by atoms with Gasteiger partial charge in [-0.2, -0.15) is 0 Å². The minimum absolute atomic E-state index is 0.102. The van der Waals surface area contributed by atoms with E-state index in [1.807, 2.05) is 12.1 Å². The van der Waals surface area contributed by atoms with Crippen molar-refractivity contribution < 1.29 is 4.74 Å². The van der Waals surface area contributed by atoms with Crippen molar-refractivity contribution in [3.05, 3.63) is 39.9 Å². The van der Waals surface area contributed by atoms with E-state index in [0.29, 0.717) is 31.0 Å². The zero-order valence-electron chi connectivity index (χ0n) is 8.62. The lowest BCUT2D eigenvalue weighted by atomic mass is 10.1. The van der Waals surface area contributed by atoms with Gasteiger partial charge in [0.2, 0.25) is 0 Å². The van der Waals surface area contributed by atoms with Crippen molar-refractivity contribution in [2.45, 2.75) is 13.0 Å². The van der Waals surface area contributed by atoms with E-state index in [9.17, 15) is 4.79 Å². The van der Waals surface area contributed by atoms with Crippen LogP contribution in [-0.2, 0) is 17.8 Å². The maximum absolute atomic E-state index is 11.8. The Kier molecular flexibility index (Phi) is 2.11. The van der Waals surface area contributed by atoms with Gasteiger partial charge in [0.25, 0.3) is 5.56 Å². The molecule has 0 aromatic carbocycles. The molecule has 2 N–H and O–H groups in total. The van der Waals surface area contributed by atoms with E-state index >= 15 is 0 Å². The molecule has 82 valence electrons. The third-order valence-electron chi connectivity index (χ3n) is 2.68. The number of aromatic nitrogens is 3. The zero-order valence-corrected chi connectivity index (χ0v) is 8.62. The number of fused-ring (bicyclic) bond motifs is 1. The van der Waals surface area contributed by atoms with E-state index in [1.165, 1.54) is 0 Å². The van der Waals surface area contributed by atoms with Gasteiger partial charge in [-0.1, -0.05) is 0 Å². The summed E-state index contributed by atoms with van der Waals surface area (Å²) < 4.78 is 5.24. The average molecular weight is 217 g/mol. The minimum atomic E-state index is -0.102. The Morgan fingerprint density at radius 3 is 3.19 bits per heavy atom. The monoisotopic (exact) mass is 217 g/mol. The summed E-state index contributed by atoms with van der Waals surface area (Å²) in [5.74, 6) is 0.593. The molecule has 0 unspecified atom stereocenters. The molecule has 0 aliphatic carbocycles. The molecule has 2 aromatic heterocycles. The molecule has 0 saturated heterocycles. The largest absolute Gasteiger partial charge is 0.376 e. The number of hydrogen-bond acceptors (Lipinski definition) is 3. The number of nitrogens with one attached hydrogen (secondary N) is 2. The summed E-state index contributed by atoms with van der Waals surface area (Å²) in [5.41, 5.74) is 2.22. The second-order valence-electron chi connectivity index (χ2n) is 3.73. The molecule has 0 radical (unpaired) electrons. The van der Waals surface area contributed by atoms with E-state index in [2.05, 4.69) is 15.0 Å². The lowest BCUT2D eigenvalue weighted by Crippen LogP contribution is -2.24. The van der Waals surface area contributed by atoms with Crippen molar-refractivity contribution in [1.82, 2.24) is 15.0 Å². The molecule has 0 fully saturated rings. The van der Waals surface area contributed by atoms with Gasteiger partial charge in [0, 0.05) is 12.6 Å². The van der Waals surface area contributed by atoms with Crippen LogP contribution in [0.3, 0.4) is 0 Å². The first-order valence-corrected chi connectivity index (χ1v) is 5.18. The Bertz CT molecular complexity index is 557. The average Bonchev–Trinajstić information content (AvgIpc) is 2.82. The number of aromatic amines is 2.